The summed E-state index contributed by atoms with van der Waals surface area (Å²) in [6.45, 7) is 0. The normalized spacial score (nSPS) is 12.5. The fraction of sp³-hybridized carbons (Fsp3) is 0.0909. The highest BCUT2D eigenvalue weighted by Crippen LogP contribution is 2.22. The van der Waals surface area contributed by atoms with E-state index in [1.165, 1.54) is 24.3 Å². The topological polar surface area (TPSA) is 101 Å². The molecule has 0 spiro atoms. The van der Waals surface area contributed by atoms with Crippen molar-refractivity contribution in [2.45, 2.75) is 4.90 Å². The Morgan fingerprint density at radius 1 is 0.947 bits per heavy atom. The van der Waals surface area contributed by atoms with Gasteiger partial charge in [-0.15, -0.1) is 0 Å². The molecule has 0 saturated heterocycles. The molecular formula is C11H11NO5S2. The van der Waals surface area contributed by atoms with Crippen LogP contribution in [0.4, 0.5) is 5.69 Å². The van der Waals surface area contributed by atoms with Crippen molar-refractivity contribution >= 4 is 36.6 Å². The maximum Gasteiger partial charge on any atom is 0.294 e. The van der Waals surface area contributed by atoms with Crippen LogP contribution in [0.25, 0.3) is 10.8 Å². The van der Waals surface area contributed by atoms with Crippen LogP contribution in [0.3, 0.4) is 0 Å². The van der Waals surface area contributed by atoms with Crippen molar-refractivity contribution in [2.24, 2.45) is 0 Å². The van der Waals surface area contributed by atoms with Gasteiger partial charge in [0.1, 0.15) is 0 Å². The van der Waals surface area contributed by atoms with E-state index < -0.39 is 20.1 Å². The molecule has 0 aliphatic heterocycles. The first-order chi connectivity index (χ1) is 8.65. The molecule has 0 bridgehead atoms. The first kappa shape index (κ1) is 13.8. The van der Waals surface area contributed by atoms with Gasteiger partial charge in [-0.2, -0.15) is 8.42 Å². The SMILES string of the molecule is CS(=O)(=O)Nc1ccc2cc(S(=O)(=O)O)ccc2c1. The molecule has 2 N–H and O–H groups in total. The number of benzene rings is 2. The molecule has 2 aromatic rings. The van der Waals surface area contributed by atoms with E-state index in [1.807, 2.05) is 0 Å². The largest absolute Gasteiger partial charge is 0.294 e. The molecule has 8 heteroatoms. The summed E-state index contributed by atoms with van der Waals surface area (Å²) in [5.41, 5.74) is 0.384. The highest BCUT2D eigenvalue weighted by molar-refractivity contribution is 7.92. The molecule has 0 heterocycles. The Bertz CT molecular complexity index is 841. The van der Waals surface area contributed by atoms with E-state index in [1.54, 1.807) is 12.1 Å². The molecule has 2 aromatic carbocycles. The molecule has 0 aliphatic carbocycles. The number of nitrogens with one attached hydrogen (secondary N) is 1. The quantitative estimate of drug-likeness (QED) is 0.836. The summed E-state index contributed by atoms with van der Waals surface area (Å²) in [5, 5.41) is 1.23. The molecule has 0 amide bonds. The lowest BCUT2D eigenvalue weighted by atomic mass is 10.1. The maximum absolute atomic E-state index is 11.1. The molecule has 0 aromatic heterocycles. The van der Waals surface area contributed by atoms with E-state index in [-0.39, 0.29) is 4.90 Å². The van der Waals surface area contributed by atoms with E-state index in [0.717, 1.165) is 6.26 Å². The number of hydrogen-bond acceptors (Lipinski definition) is 4. The lowest BCUT2D eigenvalue weighted by Crippen LogP contribution is -2.09. The Morgan fingerprint density at radius 3 is 2.11 bits per heavy atom. The fourth-order valence-electron chi connectivity index (χ4n) is 1.66. The highest BCUT2D eigenvalue weighted by Gasteiger charge is 2.10. The predicted octanol–water partition coefficient (Wildman–Crippen LogP) is 1.46. The summed E-state index contributed by atoms with van der Waals surface area (Å²) in [7, 11) is -7.61. The molecule has 19 heavy (non-hydrogen) atoms. The maximum atomic E-state index is 11.1. The van der Waals surface area contributed by atoms with Crippen LogP contribution < -0.4 is 4.72 Å². The van der Waals surface area contributed by atoms with E-state index >= 15 is 0 Å². The molecule has 2 rings (SSSR count). The molecule has 0 fully saturated rings. The first-order valence-corrected chi connectivity index (χ1v) is 8.47. The molecule has 0 aliphatic rings. The van der Waals surface area contributed by atoms with Crippen molar-refractivity contribution in [1.82, 2.24) is 0 Å². The van der Waals surface area contributed by atoms with Crippen LogP contribution in [0.1, 0.15) is 0 Å². The van der Waals surface area contributed by atoms with Crippen molar-refractivity contribution in [3.8, 4) is 0 Å². The number of sulfonamides is 1. The van der Waals surface area contributed by atoms with Gasteiger partial charge >= 0.3 is 0 Å². The van der Waals surface area contributed by atoms with Crippen LogP contribution in [-0.4, -0.2) is 27.6 Å². The molecule has 0 unspecified atom stereocenters. The number of rotatable bonds is 3. The van der Waals surface area contributed by atoms with Gasteiger partial charge in [-0.05, 0) is 35.0 Å². The van der Waals surface area contributed by atoms with Gasteiger partial charge in [0.15, 0.2) is 0 Å². The Labute approximate surface area is 110 Å². The molecule has 0 saturated carbocycles. The Kier molecular flexibility index (Phi) is 3.25. The second-order valence-electron chi connectivity index (χ2n) is 4.07. The summed E-state index contributed by atoms with van der Waals surface area (Å²) < 4.78 is 55.4. The van der Waals surface area contributed by atoms with Gasteiger partial charge in [-0.25, -0.2) is 8.42 Å². The summed E-state index contributed by atoms with van der Waals surface area (Å²) in [4.78, 5) is -0.205. The van der Waals surface area contributed by atoms with Crippen LogP contribution in [0.2, 0.25) is 0 Å². The second kappa shape index (κ2) is 4.48. The zero-order chi connectivity index (χ0) is 14.3. The predicted molar refractivity (Wildman–Crippen MR) is 72.2 cm³/mol. The monoisotopic (exact) mass is 301 g/mol. The minimum atomic E-state index is -4.24. The number of fused-ring (bicyclic) bond motifs is 1. The number of hydrogen-bond donors (Lipinski definition) is 2. The summed E-state index contributed by atoms with van der Waals surface area (Å²) >= 11 is 0. The molecule has 6 nitrogen and oxygen atoms in total. The van der Waals surface area contributed by atoms with Crippen LogP contribution in [-0.2, 0) is 20.1 Å². The summed E-state index contributed by atoms with van der Waals surface area (Å²) in [5.74, 6) is 0. The van der Waals surface area contributed by atoms with Gasteiger partial charge < -0.3 is 0 Å². The lowest BCUT2D eigenvalue weighted by Gasteiger charge is -2.06. The second-order valence-corrected chi connectivity index (χ2v) is 7.24. The lowest BCUT2D eigenvalue weighted by molar-refractivity contribution is 0.483. The third-order valence-electron chi connectivity index (χ3n) is 2.41. The van der Waals surface area contributed by atoms with Crippen molar-refractivity contribution < 1.29 is 21.4 Å². The van der Waals surface area contributed by atoms with E-state index in [0.29, 0.717) is 16.5 Å². The summed E-state index contributed by atoms with van der Waals surface area (Å²) in [6.07, 6.45) is 1.04. The molecule has 0 radical (unpaired) electrons. The van der Waals surface area contributed by atoms with E-state index in [4.69, 9.17) is 4.55 Å². The third kappa shape index (κ3) is 3.43. The van der Waals surface area contributed by atoms with Crippen LogP contribution >= 0.6 is 0 Å². The minimum Gasteiger partial charge on any atom is -0.284 e. The zero-order valence-electron chi connectivity index (χ0n) is 9.86. The standard InChI is InChI=1S/C11H11NO5S2/c1-18(13,14)12-10-4-2-9-7-11(19(15,16)17)5-3-8(9)6-10/h2-7,12H,1H3,(H,15,16,17). The van der Waals surface area contributed by atoms with Crippen molar-refractivity contribution in [2.75, 3.05) is 11.0 Å². The van der Waals surface area contributed by atoms with Crippen LogP contribution in [0, 0.1) is 0 Å². The molecule has 102 valence electrons. The zero-order valence-corrected chi connectivity index (χ0v) is 11.5. The first-order valence-electron chi connectivity index (χ1n) is 5.14. The van der Waals surface area contributed by atoms with Gasteiger partial charge in [-0.1, -0.05) is 12.1 Å². The molecule has 0 atom stereocenters. The van der Waals surface area contributed by atoms with E-state index in [2.05, 4.69) is 4.72 Å². The average Bonchev–Trinajstić information content (AvgIpc) is 2.24. The van der Waals surface area contributed by atoms with Crippen molar-refractivity contribution in [1.29, 1.82) is 0 Å². The highest BCUT2D eigenvalue weighted by atomic mass is 32.2. The Hall–Kier alpha value is -1.64. The third-order valence-corrected chi connectivity index (χ3v) is 3.87. The smallest absolute Gasteiger partial charge is 0.284 e. The van der Waals surface area contributed by atoms with E-state index in [9.17, 15) is 16.8 Å². The number of anilines is 1. The minimum absolute atomic E-state index is 0.205. The van der Waals surface area contributed by atoms with Crippen LogP contribution in [0.15, 0.2) is 41.3 Å². The van der Waals surface area contributed by atoms with Gasteiger partial charge in [0.2, 0.25) is 10.0 Å². The van der Waals surface area contributed by atoms with Gasteiger partial charge in [0.25, 0.3) is 10.1 Å². The average molecular weight is 301 g/mol. The van der Waals surface area contributed by atoms with Gasteiger partial charge in [0.05, 0.1) is 11.2 Å². The Balaban J connectivity index is 2.52. The van der Waals surface area contributed by atoms with Gasteiger partial charge in [0, 0.05) is 5.69 Å². The van der Waals surface area contributed by atoms with Gasteiger partial charge in [-0.3, -0.25) is 9.27 Å². The van der Waals surface area contributed by atoms with Crippen LogP contribution in [0.5, 0.6) is 0 Å². The fourth-order valence-corrected chi connectivity index (χ4v) is 2.73. The summed E-state index contributed by atoms with van der Waals surface area (Å²) in [6, 6.07) is 8.71. The van der Waals surface area contributed by atoms with Crippen molar-refractivity contribution in [3.63, 3.8) is 0 Å². The van der Waals surface area contributed by atoms with Crippen molar-refractivity contribution in [3.05, 3.63) is 36.4 Å². The molecular weight excluding hydrogens is 290 g/mol. The Morgan fingerprint density at radius 2 is 1.53 bits per heavy atom.